The molecule has 3 rings (SSSR count). The van der Waals surface area contributed by atoms with Gasteiger partial charge in [0.15, 0.2) is 11.5 Å². The predicted octanol–water partition coefficient (Wildman–Crippen LogP) is 2.89. The van der Waals surface area contributed by atoms with E-state index in [2.05, 4.69) is 14.9 Å². The number of halogens is 1. The van der Waals surface area contributed by atoms with E-state index in [1.54, 1.807) is 19.4 Å². The molecule has 1 saturated heterocycles. The third-order valence-corrected chi connectivity index (χ3v) is 4.53. The first kappa shape index (κ1) is 18.0. The molecule has 0 amide bonds. The molecule has 136 valence electrons. The molecule has 0 unspecified atom stereocenters. The van der Waals surface area contributed by atoms with Gasteiger partial charge in [0.05, 0.1) is 25.4 Å². The summed E-state index contributed by atoms with van der Waals surface area (Å²) < 4.78 is 13.6. The van der Waals surface area contributed by atoms with Crippen LogP contribution in [0.2, 0.25) is 5.02 Å². The molecule has 25 heavy (non-hydrogen) atoms. The molecule has 1 aromatic heterocycles. The van der Waals surface area contributed by atoms with Crippen LogP contribution < -0.4 is 14.8 Å². The van der Waals surface area contributed by atoms with Crippen LogP contribution in [0.4, 0.5) is 0 Å². The number of hydrogen-bond acceptors (Lipinski definition) is 5. The van der Waals surface area contributed by atoms with Crippen LogP contribution in [0.15, 0.2) is 24.5 Å². The molecule has 1 aliphatic heterocycles. The highest BCUT2D eigenvalue weighted by Crippen LogP contribution is 2.41. The monoisotopic (exact) mass is 365 g/mol. The van der Waals surface area contributed by atoms with Crippen molar-refractivity contribution in [3.05, 3.63) is 29.5 Å². The van der Waals surface area contributed by atoms with Crippen molar-refractivity contribution in [2.45, 2.75) is 38.5 Å². The number of hydrogen-bond donors (Lipinski definition) is 2. The molecule has 7 heteroatoms. The van der Waals surface area contributed by atoms with E-state index < -0.39 is 0 Å². The molecule has 0 aliphatic carbocycles. The smallest absolute Gasteiger partial charge is 0.172 e. The summed E-state index contributed by atoms with van der Waals surface area (Å²) in [5.74, 6) is 2.00. The maximum absolute atomic E-state index is 9.37. The van der Waals surface area contributed by atoms with Crippen LogP contribution in [0.3, 0.4) is 0 Å². The third-order valence-electron chi connectivity index (χ3n) is 4.32. The largest absolute Gasteiger partial charge is 0.493 e. The number of methoxy groups -OCH3 is 1. The molecule has 1 aromatic carbocycles. The van der Waals surface area contributed by atoms with E-state index in [1.807, 2.05) is 26.1 Å². The average molecular weight is 366 g/mol. The van der Waals surface area contributed by atoms with Gasteiger partial charge in [-0.2, -0.15) is 0 Å². The van der Waals surface area contributed by atoms with E-state index in [0.717, 1.165) is 24.4 Å². The van der Waals surface area contributed by atoms with E-state index in [0.29, 0.717) is 16.5 Å². The van der Waals surface area contributed by atoms with Crippen molar-refractivity contribution >= 4 is 11.6 Å². The molecule has 1 fully saturated rings. The number of ether oxygens (including phenoxy) is 2. The molecule has 2 atom stereocenters. The van der Waals surface area contributed by atoms with Crippen molar-refractivity contribution in [2.75, 3.05) is 20.3 Å². The Morgan fingerprint density at radius 3 is 2.88 bits per heavy atom. The topological polar surface area (TPSA) is 68.5 Å². The fourth-order valence-corrected chi connectivity index (χ4v) is 3.42. The van der Waals surface area contributed by atoms with Crippen molar-refractivity contribution in [1.82, 2.24) is 14.9 Å². The maximum Gasteiger partial charge on any atom is 0.172 e. The highest BCUT2D eigenvalue weighted by atomic mass is 35.5. The summed E-state index contributed by atoms with van der Waals surface area (Å²) >= 11 is 6.29. The predicted molar refractivity (Wildman–Crippen MR) is 97.5 cm³/mol. The van der Waals surface area contributed by atoms with E-state index >= 15 is 0 Å². The Bertz CT molecular complexity index is 732. The maximum atomic E-state index is 9.37. The van der Waals surface area contributed by atoms with Crippen molar-refractivity contribution in [3.63, 3.8) is 0 Å². The number of aliphatic hydroxyl groups is 1. The first-order valence-electron chi connectivity index (χ1n) is 8.45. The van der Waals surface area contributed by atoms with E-state index in [-0.39, 0.29) is 24.8 Å². The molecule has 0 saturated carbocycles. The van der Waals surface area contributed by atoms with Gasteiger partial charge in [-0.3, -0.25) is 0 Å². The molecule has 1 aliphatic rings. The number of aromatic nitrogens is 2. The average Bonchev–Trinajstić information content (AvgIpc) is 3.23. The highest BCUT2D eigenvalue weighted by Gasteiger charge is 2.28. The lowest BCUT2D eigenvalue weighted by Crippen LogP contribution is -2.24. The molecule has 0 radical (unpaired) electrons. The zero-order valence-corrected chi connectivity index (χ0v) is 15.5. The number of nitrogens with one attached hydrogen (secondary N) is 1. The Morgan fingerprint density at radius 1 is 1.44 bits per heavy atom. The molecule has 6 nitrogen and oxygen atoms in total. The number of rotatable bonds is 6. The van der Waals surface area contributed by atoms with E-state index in [1.165, 1.54) is 0 Å². The molecule has 0 bridgehead atoms. The summed E-state index contributed by atoms with van der Waals surface area (Å²) in [7, 11) is 1.60. The van der Waals surface area contributed by atoms with Gasteiger partial charge in [-0.15, -0.1) is 0 Å². The first-order valence-corrected chi connectivity index (χ1v) is 8.83. The van der Waals surface area contributed by atoms with Gasteiger partial charge in [0.25, 0.3) is 0 Å². The Labute approximate surface area is 152 Å². The minimum Gasteiger partial charge on any atom is -0.493 e. The zero-order chi connectivity index (χ0) is 18.0. The van der Waals surface area contributed by atoms with Gasteiger partial charge >= 0.3 is 0 Å². The first-order chi connectivity index (χ1) is 12.0. The van der Waals surface area contributed by atoms with Crippen LogP contribution in [-0.2, 0) is 0 Å². The molecule has 0 spiro atoms. The fourth-order valence-electron chi connectivity index (χ4n) is 3.21. The van der Waals surface area contributed by atoms with Crippen LogP contribution in [0.1, 0.15) is 26.3 Å². The molecule has 2 heterocycles. The number of benzene rings is 1. The van der Waals surface area contributed by atoms with Gasteiger partial charge in [-0.1, -0.05) is 11.6 Å². The third kappa shape index (κ3) is 3.76. The SMILES string of the molecule is COc1cc(Cl)cc(-c2nccn2[C@@H]2CN[C@H](CO)C2)c1OC(C)C. The van der Waals surface area contributed by atoms with E-state index in [9.17, 15) is 5.11 Å². The van der Waals surface area contributed by atoms with Gasteiger partial charge in [0.1, 0.15) is 5.82 Å². The van der Waals surface area contributed by atoms with Crippen molar-refractivity contribution < 1.29 is 14.6 Å². The lowest BCUT2D eigenvalue weighted by atomic mass is 10.1. The second-order valence-electron chi connectivity index (χ2n) is 6.49. The molecule has 2 aromatic rings. The van der Waals surface area contributed by atoms with Gasteiger partial charge in [0.2, 0.25) is 0 Å². The lowest BCUT2D eigenvalue weighted by Gasteiger charge is -2.20. The fraction of sp³-hybridized carbons (Fsp3) is 0.500. The van der Waals surface area contributed by atoms with Crippen molar-refractivity contribution in [3.8, 4) is 22.9 Å². The normalized spacial score (nSPS) is 20.2. The minimum atomic E-state index is -0.0100. The Balaban J connectivity index is 2.05. The molecular formula is C18H24ClN3O3. The Hall–Kier alpha value is -1.76. The summed E-state index contributed by atoms with van der Waals surface area (Å²) in [6, 6.07) is 3.92. The Kier molecular flexibility index (Phi) is 5.51. The van der Waals surface area contributed by atoms with Gasteiger partial charge < -0.3 is 24.5 Å². The molecular weight excluding hydrogens is 342 g/mol. The van der Waals surface area contributed by atoms with E-state index in [4.69, 9.17) is 21.1 Å². The van der Waals surface area contributed by atoms with Gasteiger partial charge in [0, 0.05) is 42.1 Å². The Morgan fingerprint density at radius 2 is 2.24 bits per heavy atom. The van der Waals surface area contributed by atoms with Crippen molar-refractivity contribution in [1.29, 1.82) is 0 Å². The summed E-state index contributed by atoms with van der Waals surface area (Å²) in [6.45, 7) is 4.86. The second kappa shape index (κ2) is 7.64. The van der Waals surface area contributed by atoms with Gasteiger partial charge in [-0.05, 0) is 26.3 Å². The lowest BCUT2D eigenvalue weighted by molar-refractivity contribution is 0.231. The quantitative estimate of drug-likeness (QED) is 0.823. The summed E-state index contributed by atoms with van der Waals surface area (Å²) in [5.41, 5.74) is 0.801. The summed E-state index contributed by atoms with van der Waals surface area (Å²) in [5, 5.41) is 13.3. The van der Waals surface area contributed by atoms with Crippen LogP contribution >= 0.6 is 11.6 Å². The van der Waals surface area contributed by atoms with Crippen LogP contribution in [-0.4, -0.2) is 47.1 Å². The van der Waals surface area contributed by atoms with Crippen LogP contribution in [0, 0.1) is 0 Å². The molecule has 2 N–H and O–H groups in total. The van der Waals surface area contributed by atoms with Crippen LogP contribution in [0.25, 0.3) is 11.4 Å². The number of aliphatic hydroxyl groups excluding tert-OH is 1. The number of imidazole rings is 1. The minimum absolute atomic E-state index is 0.0100. The summed E-state index contributed by atoms with van der Waals surface area (Å²) in [6.07, 6.45) is 4.56. The summed E-state index contributed by atoms with van der Waals surface area (Å²) in [4.78, 5) is 4.54. The van der Waals surface area contributed by atoms with Crippen LogP contribution in [0.5, 0.6) is 11.5 Å². The van der Waals surface area contributed by atoms with Crippen molar-refractivity contribution in [2.24, 2.45) is 0 Å². The second-order valence-corrected chi connectivity index (χ2v) is 6.92. The zero-order valence-electron chi connectivity index (χ0n) is 14.7. The number of nitrogens with zero attached hydrogens (tertiary/aromatic N) is 2. The van der Waals surface area contributed by atoms with Gasteiger partial charge in [-0.25, -0.2) is 4.98 Å². The highest BCUT2D eigenvalue weighted by molar-refractivity contribution is 6.31. The standard InChI is InChI=1S/C18H24ClN3O3/c1-11(2)25-17-15(6-12(19)7-16(17)24-3)18-20-4-5-22(18)14-8-13(10-23)21-9-14/h4-7,11,13-14,21,23H,8-10H2,1-3H3/t13-,14-/m0/s1.